The van der Waals surface area contributed by atoms with Crippen LogP contribution in [0.25, 0.3) is 6.08 Å². The van der Waals surface area contributed by atoms with E-state index in [2.05, 4.69) is 9.97 Å². The zero-order valence-electron chi connectivity index (χ0n) is 12.3. The van der Waals surface area contributed by atoms with Gasteiger partial charge in [-0.2, -0.15) is 0 Å². The minimum atomic E-state index is -0.419. The number of carbonyl (C=O) groups excluding carboxylic acids is 1. The summed E-state index contributed by atoms with van der Waals surface area (Å²) in [6, 6.07) is 2.46. The number of pyridine rings is 2. The fourth-order valence-electron chi connectivity index (χ4n) is 1.09. The average Bonchev–Trinajstić information content (AvgIpc) is 2.45. The minimum absolute atomic E-state index is 0.0495. The summed E-state index contributed by atoms with van der Waals surface area (Å²) in [6.45, 7) is 0. The molecule has 0 spiro atoms. The van der Waals surface area contributed by atoms with Gasteiger partial charge in [0.05, 0.1) is 5.48 Å². The van der Waals surface area contributed by atoms with E-state index in [1.165, 1.54) is 24.5 Å². The Labute approximate surface area is 99.1 Å². The Morgan fingerprint density at radius 2 is 2.12 bits per heavy atom. The number of hydrogen-bond donors (Lipinski definition) is 0. The molecule has 0 aliphatic heterocycles. The van der Waals surface area contributed by atoms with Crippen molar-refractivity contribution < 1.29 is 10.3 Å². The molecule has 0 radical (unpaired) electrons. The minimum Gasteiger partial charge on any atom is -0.289 e. The van der Waals surface area contributed by atoms with Gasteiger partial charge in [0.15, 0.2) is 5.78 Å². The molecule has 2 aromatic rings. The van der Waals surface area contributed by atoms with Crippen LogP contribution in [0.5, 0.6) is 0 Å². The summed E-state index contributed by atoms with van der Waals surface area (Å²) in [7, 11) is 0. The summed E-state index contributed by atoms with van der Waals surface area (Å²) in [6.07, 6.45) is 4.76. The van der Waals surface area contributed by atoms with Gasteiger partial charge in [0.25, 0.3) is 0 Å². The normalized spacial score (nSPS) is 14.0. The van der Waals surface area contributed by atoms with Gasteiger partial charge in [-0.1, -0.05) is 6.04 Å². The van der Waals surface area contributed by atoms with Crippen LogP contribution in [-0.2, 0) is 0 Å². The maximum atomic E-state index is 11.9. The summed E-state index contributed by atoms with van der Waals surface area (Å²) in [5.41, 5.74) is 0.485. The van der Waals surface area contributed by atoms with Crippen LogP contribution in [0.15, 0.2) is 55.0 Å². The van der Waals surface area contributed by atoms with Gasteiger partial charge in [0, 0.05) is 30.3 Å². The van der Waals surface area contributed by atoms with E-state index in [1.807, 2.05) is 0 Å². The average molecular weight is 214 g/mol. The Morgan fingerprint density at radius 1 is 1.31 bits per heavy atom. The van der Waals surface area contributed by atoms with Gasteiger partial charge >= 0.3 is 0 Å². The zero-order valence-corrected chi connectivity index (χ0v) is 8.27. The molecule has 0 amide bonds. The number of aromatic nitrogens is 2. The van der Waals surface area contributed by atoms with Crippen LogP contribution in [0.3, 0.4) is 0 Å². The van der Waals surface area contributed by atoms with Crippen molar-refractivity contribution >= 4 is 11.9 Å². The first kappa shape index (κ1) is 6.33. The molecule has 2 heterocycles. The van der Waals surface area contributed by atoms with Gasteiger partial charge in [0.2, 0.25) is 0 Å². The van der Waals surface area contributed by atoms with Crippen LogP contribution in [0.2, 0.25) is 0 Å². The molecule has 0 bridgehead atoms. The second kappa shape index (κ2) is 4.98. The van der Waals surface area contributed by atoms with Gasteiger partial charge in [-0.3, -0.25) is 14.8 Å². The predicted molar refractivity (Wildman–Crippen MR) is 61.8 cm³/mol. The summed E-state index contributed by atoms with van der Waals surface area (Å²) in [4.78, 5) is 19.2. The summed E-state index contributed by atoms with van der Waals surface area (Å²) >= 11 is 0. The molecule has 16 heavy (non-hydrogen) atoms. The third kappa shape index (κ3) is 2.60. The Kier molecular flexibility index (Phi) is 1.97. The molecule has 3 nitrogen and oxygen atoms in total. The largest absolute Gasteiger partial charge is 0.289 e. The quantitative estimate of drug-likeness (QED) is 0.582. The summed E-state index contributed by atoms with van der Waals surface area (Å²) in [5.74, 6) is -0.298. The van der Waals surface area contributed by atoms with Crippen molar-refractivity contribution in [3.05, 3.63) is 66.2 Å². The van der Waals surface area contributed by atoms with Crippen molar-refractivity contribution in [3.63, 3.8) is 0 Å². The second-order valence-corrected chi connectivity index (χ2v) is 2.93. The number of hydrogen-bond acceptors (Lipinski definition) is 3. The van der Waals surface area contributed by atoms with Crippen molar-refractivity contribution in [2.24, 2.45) is 0 Å². The number of ketones is 1. The van der Waals surface area contributed by atoms with E-state index < -0.39 is 6.17 Å². The van der Waals surface area contributed by atoms with Crippen LogP contribution >= 0.6 is 0 Å². The number of rotatable bonds is 3. The van der Waals surface area contributed by atoms with Crippen LogP contribution in [0.4, 0.5) is 0 Å². The highest BCUT2D eigenvalue weighted by Gasteiger charge is 1.99. The summed E-state index contributed by atoms with van der Waals surface area (Å²) < 4.78 is 30.1. The Morgan fingerprint density at radius 3 is 2.94 bits per heavy atom. The predicted octanol–water partition coefficient (Wildman–Crippen LogP) is 2.37. The van der Waals surface area contributed by atoms with Crippen molar-refractivity contribution in [1.29, 1.82) is 0 Å². The second-order valence-electron chi connectivity index (χ2n) is 2.93. The first-order chi connectivity index (χ1) is 9.50. The topological polar surface area (TPSA) is 42.9 Å². The molecular formula is C13H10N2O. The Balaban J connectivity index is 2.33. The number of nitrogens with zero attached hydrogens (tertiary/aromatic N) is 2. The molecule has 0 aliphatic carbocycles. The summed E-state index contributed by atoms with van der Waals surface area (Å²) in [5, 5.41) is 0. The van der Waals surface area contributed by atoms with Crippen molar-refractivity contribution in [1.82, 2.24) is 9.97 Å². The van der Waals surface area contributed by atoms with E-state index in [-0.39, 0.29) is 29.6 Å². The lowest BCUT2D eigenvalue weighted by Gasteiger charge is -1.93. The first-order valence-corrected chi connectivity index (χ1v) is 4.57. The molecule has 2 rings (SSSR count). The van der Waals surface area contributed by atoms with E-state index in [1.54, 1.807) is 12.1 Å². The van der Waals surface area contributed by atoms with Crippen LogP contribution in [-0.4, -0.2) is 15.8 Å². The van der Waals surface area contributed by atoms with Gasteiger partial charge in [0.1, 0.15) is 0 Å². The highest BCUT2D eigenvalue weighted by Crippen LogP contribution is 2.03. The zero-order chi connectivity index (χ0) is 14.7. The van der Waals surface area contributed by atoms with Crippen LogP contribution in [0.1, 0.15) is 21.4 Å². The first-order valence-electron chi connectivity index (χ1n) is 6.57. The van der Waals surface area contributed by atoms with Crippen LogP contribution in [0, 0.1) is 0 Å². The monoisotopic (exact) mass is 214 g/mol. The van der Waals surface area contributed by atoms with Gasteiger partial charge in [-0.25, -0.2) is 0 Å². The van der Waals surface area contributed by atoms with Crippen molar-refractivity contribution in [2.45, 2.75) is 0 Å². The van der Waals surface area contributed by atoms with E-state index >= 15 is 0 Å². The fourth-order valence-corrected chi connectivity index (χ4v) is 1.09. The molecule has 78 valence electrons. The number of carbonyl (C=O) groups is 1. The molecule has 0 atom stereocenters. The molecule has 0 saturated heterocycles. The van der Waals surface area contributed by atoms with Gasteiger partial charge < -0.3 is 0 Å². The molecule has 0 aliphatic rings. The third-order valence-corrected chi connectivity index (χ3v) is 1.85. The van der Waals surface area contributed by atoms with E-state index in [0.29, 0.717) is 5.56 Å². The Bertz CT molecular complexity index is 687. The molecule has 2 aromatic heterocycles. The molecule has 0 aromatic carbocycles. The van der Waals surface area contributed by atoms with Crippen molar-refractivity contribution in [3.8, 4) is 0 Å². The Hall–Kier alpha value is -2.29. The third-order valence-electron chi connectivity index (χ3n) is 1.85. The van der Waals surface area contributed by atoms with Gasteiger partial charge in [-0.05, 0) is 35.9 Å². The highest BCUT2D eigenvalue weighted by molar-refractivity contribution is 6.06. The molecule has 0 N–H and O–H groups in total. The van der Waals surface area contributed by atoms with E-state index in [0.717, 1.165) is 0 Å². The molecule has 0 saturated carbocycles. The van der Waals surface area contributed by atoms with E-state index in [4.69, 9.17) is 5.48 Å². The molecule has 0 unspecified atom stereocenters. The molecule has 0 fully saturated rings. The van der Waals surface area contributed by atoms with Crippen molar-refractivity contribution in [2.75, 3.05) is 0 Å². The smallest absolute Gasteiger partial charge is 0.185 e. The molecule has 3 heteroatoms. The lowest BCUT2D eigenvalue weighted by atomic mass is 10.1. The van der Waals surface area contributed by atoms with Crippen LogP contribution < -0.4 is 0 Å². The van der Waals surface area contributed by atoms with E-state index in [9.17, 15) is 4.79 Å². The lowest BCUT2D eigenvalue weighted by Crippen LogP contribution is -1.93. The lowest BCUT2D eigenvalue weighted by molar-refractivity contribution is 0.104. The highest BCUT2D eigenvalue weighted by atomic mass is 16.1. The SMILES string of the molecule is [2H]c1nc([2H])c(C=CC(=O)c2ccncc2)c([2H])c1[2H]. The number of allylic oxidation sites excluding steroid dienone is 1. The maximum absolute atomic E-state index is 11.9. The fraction of sp³-hybridized carbons (Fsp3) is 0. The standard InChI is InChI=1S/C13H10N2O/c16-13(12-5-8-14-9-6-12)4-3-11-2-1-7-15-10-11/h1-10H/i1D,2D,7D,10D. The molecular weight excluding hydrogens is 200 g/mol. The maximum Gasteiger partial charge on any atom is 0.185 e. The van der Waals surface area contributed by atoms with Gasteiger partial charge in [-0.15, -0.1) is 0 Å².